The molecule has 118 valence electrons. The second-order valence-electron chi connectivity index (χ2n) is 5.70. The van der Waals surface area contributed by atoms with E-state index >= 15 is 0 Å². The first kappa shape index (κ1) is 14.1. The molecule has 1 aliphatic rings. The van der Waals surface area contributed by atoms with Gasteiger partial charge in [0.1, 0.15) is 5.82 Å². The maximum atomic E-state index is 12.5. The summed E-state index contributed by atoms with van der Waals surface area (Å²) in [6.45, 7) is 0. The molecule has 7 nitrogen and oxygen atoms in total. The Balaban J connectivity index is 1.49. The van der Waals surface area contributed by atoms with Crippen molar-refractivity contribution in [2.75, 3.05) is 5.32 Å². The van der Waals surface area contributed by atoms with Crippen LogP contribution in [0.1, 0.15) is 17.8 Å². The summed E-state index contributed by atoms with van der Waals surface area (Å²) >= 11 is 1.63. The Morgan fingerprint density at radius 2 is 2.30 bits per heavy atom. The van der Waals surface area contributed by atoms with E-state index in [2.05, 4.69) is 25.8 Å². The molecule has 0 aromatic carbocycles. The molecule has 4 rings (SSSR count). The van der Waals surface area contributed by atoms with Crippen molar-refractivity contribution < 1.29 is 4.79 Å². The molecule has 0 radical (unpaired) electrons. The molecule has 0 saturated heterocycles. The van der Waals surface area contributed by atoms with Gasteiger partial charge in [-0.15, -0.1) is 0 Å². The van der Waals surface area contributed by atoms with Gasteiger partial charge in [-0.2, -0.15) is 31.8 Å². The third-order valence-electron chi connectivity index (χ3n) is 4.19. The van der Waals surface area contributed by atoms with Gasteiger partial charge in [0.15, 0.2) is 0 Å². The van der Waals surface area contributed by atoms with Gasteiger partial charge in [-0.3, -0.25) is 9.48 Å². The van der Waals surface area contributed by atoms with Crippen molar-refractivity contribution in [1.82, 2.24) is 25.2 Å². The van der Waals surface area contributed by atoms with Gasteiger partial charge in [0.2, 0.25) is 5.91 Å². The molecule has 8 heteroatoms. The highest BCUT2D eigenvalue weighted by atomic mass is 32.1. The standard InChI is InChI=1S/C15H16N6OS/c1-21-14(7-12(19-21)10-4-5-23-8-10)16-15(22)9-2-3-11-13(6-9)18-20-17-11/h4-5,7-9H,2-3,6H2,1H3,(H,16,22)(H,17,18,20). The predicted octanol–water partition coefficient (Wildman–Crippen LogP) is 2.01. The highest BCUT2D eigenvalue weighted by Crippen LogP contribution is 2.26. The molecule has 1 aliphatic carbocycles. The number of rotatable bonds is 3. The molecular formula is C15H16N6OS. The van der Waals surface area contributed by atoms with Crippen LogP contribution < -0.4 is 5.32 Å². The first-order chi connectivity index (χ1) is 11.2. The van der Waals surface area contributed by atoms with Crippen LogP contribution in [-0.2, 0) is 24.7 Å². The Bertz CT molecular complexity index is 834. The van der Waals surface area contributed by atoms with Gasteiger partial charge in [-0.1, -0.05) is 0 Å². The van der Waals surface area contributed by atoms with Crippen LogP contribution in [0.3, 0.4) is 0 Å². The lowest BCUT2D eigenvalue weighted by Gasteiger charge is -2.19. The van der Waals surface area contributed by atoms with E-state index in [-0.39, 0.29) is 11.8 Å². The monoisotopic (exact) mass is 328 g/mol. The lowest BCUT2D eigenvalue weighted by atomic mass is 9.89. The van der Waals surface area contributed by atoms with E-state index in [1.165, 1.54) is 0 Å². The Morgan fingerprint density at radius 1 is 1.43 bits per heavy atom. The summed E-state index contributed by atoms with van der Waals surface area (Å²) in [5.41, 5.74) is 3.82. The summed E-state index contributed by atoms with van der Waals surface area (Å²) in [6.07, 6.45) is 2.21. The first-order valence-electron chi connectivity index (χ1n) is 7.46. The summed E-state index contributed by atoms with van der Waals surface area (Å²) in [7, 11) is 1.84. The van der Waals surface area contributed by atoms with E-state index in [1.807, 2.05) is 29.9 Å². The number of hydrogen-bond acceptors (Lipinski definition) is 5. The molecule has 0 fully saturated rings. The zero-order valence-electron chi connectivity index (χ0n) is 12.6. The molecule has 23 heavy (non-hydrogen) atoms. The quantitative estimate of drug-likeness (QED) is 0.770. The Labute approximate surface area is 136 Å². The van der Waals surface area contributed by atoms with Crippen molar-refractivity contribution in [1.29, 1.82) is 0 Å². The maximum Gasteiger partial charge on any atom is 0.229 e. The molecule has 1 atom stereocenters. The van der Waals surface area contributed by atoms with Crippen LogP contribution in [0.2, 0.25) is 0 Å². The predicted molar refractivity (Wildman–Crippen MR) is 87.0 cm³/mol. The van der Waals surface area contributed by atoms with Gasteiger partial charge in [0.05, 0.1) is 17.1 Å². The zero-order chi connectivity index (χ0) is 15.8. The van der Waals surface area contributed by atoms with E-state index < -0.39 is 0 Å². The number of amides is 1. The SMILES string of the molecule is Cn1nc(-c2ccsc2)cc1NC(=O)C1CCc2n[nH]nc2C1. The fourth-order valence-corrected chi connectivity index (χ4v) is 3.52. The molecule has 3 heterocycles. The number of anilines is 1. The van der Waals surface area contributed by atoms with Crippen LogP contribution in [0.25, 0.3) is 11.3 Å². The van der Waals surface area contributed by atoms with Crippen molar-refractivity contribution >= 4 is 23.1 Å². The summed E-state index contributed by atoms with van der Waals surface area (Å²) < 4.78 is 1.70. The van der Waals surface area contributed by atoms with Crippen molar-refractivity contribution in [3.63, 3.8) is 0 Å². The highest BCUT2D eigenvalue weighted by molar-refractivity contribution is 7.08. The molecule has 1 unspecified atom stereocenters. The van der Waals surface area contributed by atoms with E-state index in [9.17, 15) is 4.79 Å². The summed E-state index contributed by atoms with van der Waals surface area (Å²) in [5, 5.41) is 22.4. The van der Waals surface area contributed by atoms with Crippen molar-refractivity contribution in [2.45, 2.75) is 19.3 Å². The van der Waals surface area contributed by atoms with Gasteiger partial charge in [0, 0.05) is 36.4 Å². The number of fused-ring (bicyclic) bond motifs is 1. The number of H-pyrrole nitrogens is 1. The van der Waals surface area contributed by atoms with Crippen LogP contribution in [0.4, 0.5) is 5.82 Å². The summed E-state index contributed by atoms with van der Waals surface area (Å²) in [4.78, 5) is 12.5. The number of carbonyl (C=O) groups is 1. The average Bonchev–Trinajstić information content (AvgIpc) is 3.27. The van der Waals surface area contributed by atoms with E-state index in [4.69, 9.17) is 0 Å². The summed E-state index contributed by atoms with van der Waals surface area (Å²) in [5.74, 6) is 0.646. The molecule has 3 aromatic heterocycles. The molecule has 2 N–H and O–H groups in total. The van der Waals surface area contributed by atoms with Crippen molar-refractivity contribution in [2.24, 2.45) is 13.0 Å². The smallest absolute Gasteiger partial charge is 0.229 e. The number of aryl methyl sites for hydroxylation is 2. The number of carbonyl (C=O) groups excluding carboxylic acids is 1. The zero-order valence-corrected chi connectivity index (χ0v) is 13.4. The van der Waals surface area contributed by atoms with Crippen molar-refractivity contribution in [3.05, 3.63) is 34.3 Å². The number of thiophene rings is 1. The van der Waals surface area contributed by atoms with Crippen molar-refractivity contribution in [3.8, 4) is 11.3 Å². The fraction of sp³-hybridized carbons (Fsp3) is 0.333. The number of nitrogens with one attached hydrogen (secondary N) is 2. The molecule has 3 aromatic rings. The minimum Gasteiger partial charge on any atom is -0.311 e. The van der Waals surface area contributed by atoms with Crippen LogP contribution in [0.5, 0.6) is 0 Å². The lowest BCUT2D eigenvalue weighted by molar-refractivity contribution is -0.120. The van der Waals surface area contributed by atoms with E-state index in [1.54, 1.807) is 16.0 Å². The minimum absolute atomic E-state index is 0.0125. The largest absolute Gasteiger partial charge is 0.311 e. The third-order valence-corrected chi connectivity index (χ3v) is 4.87. The molecule has 0 aliphatic heterocycles. The molecule has 1 amide bonds. The molecule has 0 spiro atoms. The maximum absolute atomic E-state index is 12.5. The normalized spacial score (nSPS) is 17.0. The van der Waals surface area contributed by atoms with Gasteiger partial charge in [0.25, 0.3) is 0 Å². The Hall–Kier alpha value is -2.48. The second-order valence-corrected chi connectivity index (χ2v) is 6.48. The van der Waals surface area contributed by atoms with Gasteiger partial charge < -0.3 is 5.32 Å². The van der Waals surface area contributed by atoms with Crippen LogP contribution >= 0.6 is 11.3 Å². The number of nitrogens with zero attached hydrogens (tertiary/aromatic N) is 4. The highest BCUT2D eigenvalue weighted by Gasteiger charge is 2.27. The number of hydrogen-bond donors (Lipinski definition) is 2. The molecule has 0 saturated carbocycles. The molecule has 0 bridgehead atoms. The number of aromatic amines is 1. The van der Waals surface area contributed by atoms with Crippen LogP contribution in [0, 0.1) is 5.92 Å². The average molecular weight is 328 g/mol. The van der Waals surface area contributed by atoms with Gasteiger partial charge >= 0.3 is 0 Å². The van der Waals surface area contributed by atoms with Gasteiger partial charge in [-0.25, -0.2) is 0 Å². The summed E-state index contributed by atoms with van der Waals surface area (Å²) in [6, 6.07) is 3.93. The van der Waals surface area contributed by atoms with Crippen LogP contribution in [0.15, 0.2) is 22.9 Å². The fourth-order valence-electron chi connectivity index (χ4n) is 2.87. The minimum atomic E-state index is -0.0768. The third kappa shape index (κ3) is 2.65. The Morgan fingerprint density at radius 3 is 3.13 bits per heavy atom. The Kier molecular flexibility index (Phi) is 3.45. The van der Waals surface area contributed by atoms with Crippen LogP contribution in [-0.4, -0.2) is 31.1 Å². The number of aromatic nitrogens is 5. The second kappa shape index (κ2) is 5.62. The van der Waals surface area contributed by atoms with E-state index in [0.717, 1.165) is 35.5 Å². The lowest BCUT2D eigenvalue weighted by Crippen LogP contribution is -2.29. The molecular weight excluding hydrogens is 312 g/mol. The van der Waals surface area contributed by atoms with E-state index in [0.29, 0.717) is 12.2 Å². The first-order valence-corrected chi connectivity index (χ1v) is 8.41. The topological polar surface area (TPSA) is 88.5 Å². The van der Waals surface area contributed by atoms with Gasteiger partial charge in [-0.05, 0) is 24.3 Å².